The lowest BCUT2D eigenvalue weighted by Crippen LogP contribution is -2.31. The van der Waals surface area contributed by atoms with Crippen LogP contribution in [0.15, 0.2) is 49.1 Å². The van der Waals surface area contributed by atoms with Gasteiger partial charge >= 0.3 is 0 Å². The standard InChI is InChI=1S/C18H20N4O/c1-4-16(14-6-5-9-19-10-14)21(3)18(23)15-12-22-11-13(2)7-8-17(22)20-15/h5-12,16H,4H2,1-3H3/t16-/m0/s1. The molecule has 0 bridgehead atoms. The number of amides is 1. The molecule has 1 atom stereocenters. The van der Waals surface area contributed by atoms with Gasteiger partial charge in [-0.1, -0.05) is 19.1 Å². The van der Waals surface area contributed by atoms with E-state index in [1.807, 2.05) is 55.0 Å². The molecule has 0 aliphatic carbocycles. The van der Waals surface area contributed by atoms with E-state index < -0.39 is 0 Å². The minimum Gasteiger partial charge on any atom is -0.333 e. The van der Waals surface area contributed by atoms with Crippen molar-refractivity contribution in [2.24, 2.45) is 0 Å². The summed E-state index contributed by atoms with van der Waals surface area (Å²) in [4.78, 5) is 23.1. The molecule has 3 aromatic rings. The Morgan fingerprint density at radius 2 is 2.13 bits per heavy atom. The summed E-state index contributed by atoms with van der Waals surface area (Å²) in [7, 11) is 1.82. The quantitative estimate of drug-likeness (QED) is 0.743. The summed E-state index contributed by atoms with van der Waals surface area (Å²) in [6.45, 7) is 4.08. The van der Waals surface area contributed by atoms with Crippen molar-refractivity contribution in [2.45, 2.75) is 26.3 Å². The lowest BCUT2D eigenvalue weighted by molar-refractivity contribution is 0.0720. The largest absolute Gasteiger partial charge is 0.333 e. The molecule has 3 aromatic heterocycles. The van der Waals surface area contributed by atoms with Crippen molar-refractivity contribution in [1.29, 1.82) is 0 Å². The van der Waals surface area contributed by atoms with Crippen molar-refractivity contribution in [2.75, 3.05) is 7.05 Å². The zero-order chi connectivity index (χ0) is 16.4. The van der Waals surface area contributed by atoms with Crippen LogP contribution < -0.4 is 0 Å². The Morgan fingerprint density at radius 3 is 2.83 bits per heavy atom. The predicted octanol–water partition coefficient (Wildman–Crippen LogP) is 3.26. The van der Waals surface area contributed by atoms with E-state index >= 15 is 0 Å². The molecular formula is C18H20N4O. The Kier molecular flexibility index (Phi) is 4.10. The van der Waals surface area contributed by atoms with Gasteiger partial charge in [0, 0.05) is 31.8 Å². The first-order valence-electron chi connectivity index (χ1n) is 7.72. The van der Waals surface area contributed by atoms with Crippen LogP contribution in [-0.4, -0.2) is 32.2 Å². The number of aromatic nitrogens is 3. The molecule has 0 unspecified atom stereocenters. The van der Waals surface area contributed by atoms with Crippen LogP contribution in [0.25, 0.3) is 5.65 Å². The number of rotatable bonds is 4. The van der Waals surface area contributed by atoms with Crippen LogP contribution in [0.3, 0.4) is 0 Å². The first kappa shape index (κ1) is 15.2. The molecule has 5 heteroatoms. The third-order valence-corrected chi connectivity index (χ3v) is 4.06. The van der Waals surface area contributed by atoms with Crippen LogP contribution >= 0.6 is 0 Å². The Bertz CT molecular complexity index is 825. The van der Waals surface area contributed by atoms with E-state index in [1.165, 1.54) is 0 Å². The molecule has 3 heterocycles. The van der Waals surface area contributed by atoms with Gasteiger partial charge in [0.25, 0.3) is 5.91 Å². The van der Waals surface area contributed by atoms with Gasteiger partial charge < -0.3 is 9.30 Å². The van der Waals surface area contributed by atoms with Gasteiger partial charge in [0.15, 0.2) is 0 Å². The first-order valence-corrected chi connectivity index (χ1v) is 7.72. The van der Waals surface area contributed by atoms with Crippen LogP contribution in [0.4, 0.5) is 0 Å². The van der Waals surface area contributed by atoms with Crippen molar-refractivity contribution in [3.05, 3.63) is 65.9 Å². The Labute approximate surface area is 135 Å². The summed E-state index contributed by atoms with van der Waals surface area (Å²) in [6, 6.07) is 7.79. The van der Waals surface area contributed by atoms with Gasteiger partial charge in [-0.15, -0.1) is 0 Å². The predicted molar refractivity (Wildman–Crippen MR) is 89.3 cm³/mol. The molecule has 0 radical (unpaired) electrons. The second-order valence-electron chi connectivity index (χ2n) is 5.72. The van der Waals surface area contributed by atoms with Crippen molar-refractivity contribution < 1.29 is 4.79 Å². The molecule has 0 fully saturated rings. The average molecular weight is 308 g/mol. The number of carbonyl (C=O) groups is 1. The maximum absolute atomic E-state index is 12.8. The topological polar surface area (TPSA) is 50.5 Å². The molecule has 0 saturated heterocycles. The van der Waals surface area contributed by atoms with Gasteiger partial charge in [0.05, 0.1) is 6.04 Å². The summed E-state index contributed by atoms with van der Waals surface area (Å²) >= 11 is 0. The third kappa shape index (κ3) is 2.95. The zero-order valence-electron chi connectivity index (χ0n) is 13.6. The second kappa shape index (κ2) is 6.20. The molecule has 118 valence electrons. The van der Waals surface area contributed by atoms with Crippen molar-refractivity contribution in [3.8, 4) is 0 Å². The van der Waals surface area contributed by atoms with Crippen LogP contribution in [0.1, 0.15) is 41.0 Å². The minimum atomic E-state index is -0.0814. The monoisotopic (exact) mass is 308 g/mol. The van der Waals surface area contributed by atoms with Gasteiger partial charge in [0.1, 0.15) is 11.3 Å². The van der Waals surface area contributed by atoms with Crippen LogP contribution in [-0.2, 0) is 0 Å². The van der Waals surface area contributed by atoms with Crippen molar-refractivity contribution in [1.82, 2.24) is 19.3 Å². The summed E-state index contributed by atoms with van der Waals surface area (Å²) in [6.07, 6.45) is 8.13. The number of hydrogen-bond donors (Lipinski definition) is 0. The van der Waals surface area contributed by atoms with E-state index in [-0.39, 0.29) is 11.9 Å². The second-order valence-corrected chi connectivity index (χ2v) is 5.72. The molecule has 0 aliphatic rings. The molecule has 0 aliphatic heterocycles. The highest BCUT2D eigenvalue weighted by atomic mass is 16.2. The molecule has 1 amide bonds. The van der Waals surface area contributed by atoms with Gasteiger partial charge in [-0.25, -0.2) is 4.98 Å². The van der Waals surface area contributed by atoms with Gasteiger partial charge in [-0.05, 0) is 36.6 Å². The number of fused-ring (bicyclic) bond motifs is 1. The van der Waals surface area contributed by atoms with E-state index in [2.05, 4.69) is 16.9 Å². The molecule has 0 aromatic carbocycles. The third-order valence-electron chi connectivity index (χ3n) is 4.06. The lowest BCUT2D eigenvalue weighted by atomic mass is 10.1. The fourth-order valence-electron chi connectivity index (χ4n) is 2.83. The molecular weight excluding hydrogens is 288 g/mol. The summed E-state index contributed by atoms with van der Waals surface area (Å²) < 4.78 is 1.89. The summed E-state index contributed by atoms with van der Waals surface area (Å²) in [5.41, 5.74) is 3.40. The summed E-state index contributed by atoms with van der Waals surface area (Å²) in [5, 5.41) is 0. The van der Waals surface area contributed by atoms with Gasteiger partial charge in [-0.3, -0.25) is 9.78 Å². The van der Waals surface area contributed by atoms with Crippen molar-refractivity contribution >= 4 is 11.6 Å². The Hall–Kier alpha value is -2.69. The van der Waals surface area contributed by atoms with E-state index in [4.69, 9.17) is 0 Å². The number of aryl methyl sites for hydroxylation is 1. The molecule has 0 spiro atoms. The highest BCUT2D eigenvalue weighted by molar-refractivity contribution is 5.93. The molecule has 23 heavy (non-hydrogen) atoms. The molecule has 3 rings (SSSR count). The van der Waals surface area contributed by atoms with Crippen molar-refractivity contribution in [3.63, 3.8) is 0 Å². The number of hydrogen-bond acceptors (Lipinski definition) is 3. The molecule has 5 nitrogen and oxygen atoms in total. The Balaban J connectivity index is 1.90. The lowest BCUT2D eigenvalue weighted by Gasteiger charge is -2.26. The van der Waals surface area contributed by atoms with Crippen LogP contribution in [0, 0.1) is 6.92 Å². The Morgan fingerprint density at radius 1 is 1.30 bits per heavy atom. The number of carbonyl (C=O) groups excluding carboxylic acids is 1. The molecule has 0 saturated carbocycles. The van der Waals surface area contributed by atoms with Gasteiger partial charge in [-0.2, -0.15) is 0 Å². The zero-order valence-corrected chi connectivity index (χ0v) is 13.6. The average Bonchev–Trinajstić information content (AvgIpc) is 2.98. The van der Waals surface area contributed by atoms with Crippen LogP contribution in [0.2, 0.25) is 0 Å². The highest BCUT2D eigenvalue weighted by Crippen LogP contribution is 2.23. The van der Waals surface area contributed by atoms with Gasteiger partial charge in [0.2, 0.25) is 0 Å². The first-order chi connectivity index (χ1) is 11.1. The fraction of sp³-hybridized carbons (Fsp3) is 0.278. The number of pyridine rings is 2. The minimum absolute atomic E-state index is 0.0113. The highest BCUT2D eigenvalue weighted by Gasteiger charge is 2.23. The van der Waals surface area contributed by atoms with E-state index in [0.717, 1.165) is 23.2 Å². The smallest absolute Gasteiger partial charge is 0.274 e. The molecule has 0 N–H and O–H groups in total. The maximum Gasteiger partial charge on any atom is 0.274 e. The number of imidazole rings is 1. The SMILES string of the molecule is CC[C@@H](c1cccnc1)N(C)C(=O)c1cn2cc(C)ccc2n1. The van der Waals surface area contributed by atoms with E-state index in [1.54, 1.807) is 17.3 Å². The maximum atomic E-state index is 12.8. The normalized spacial score (nSPS) is 12.3. The van der Waals surface area contributed by atoms with E-state index in [9.17, 15) is 4.79 Å². The van der Waals surface area contributed by atoms with E-state index in [0.29, 0.717) is 5.69 Å². The van der Waals surface area contributed by atoms with Crippen LogP contribution in [0.5, 0.6) is 0 Å². The fourth-order valence-corrected chi connectivity index (χ4v) is 2.83. The number of nitrogens with zero attached hydrogens (tertiary/aromatic N) is 4. The summed E-state index contributed by atoms with van der Waals surface area (Å²) in [5.74, 6) is -0.0814.